The Morgan fingerprint density at radius 1 is 0.808 bits per heavy atom. The molecule has 0 atom stereocenters. The number of imide groups is 1. The van der Waals surface area contributed by atoms with E-state index < -0.39 is 0 Å². The Hall–Kier alpha value is -3.40. The van der Waals surface area contributed by atoms with Gasteiger partial charge in [0.25, 0.3) is 11.8 Å². The molecule has 0 aliphatic carbocycles. The van der Waals surface area contributed by atoms with Gasteiger partial charge in [0.1, 0.15) is 5.70 Å². The number of hydrogen-bond donors (Lipinski definition) is 1. The van der Waals surface area contributed by atoms with Crippen LogP contribution < -0.4 is 5.32 Å². The molecule has 1 aliphatic rings. The van der Waals surface area contributed by atoms with Crippen molar-refractivity contribution in [1.82, 2.24) is 4.90 Å². The highest BCUT2D eigenvalue weighted by Gasteiger charge is 2.38. The van der Waals surface area contributed by atoms with Gasteiger partial charge in [-0.25, -0.2) is 0 Å². The van der Waals surface area contributed by atoms with Crippen LogP contribution in [0.3, 0.4) is 0 Å². The smallest absolute Gasteiger partial charge is 0.278 e. The molecule has 4 rings (SSSR count). The van der Waals surface area contributed by atoms with Crippen molar-refractivity contribution in [2.24, 2.45) is 0 Å². The van der Waals surface area contributed by atoms with Gasteiger partial charge in [0.2, 0.25) is 0 Å². The number of anilines is 1. The predicted molar refractivity (Wildman–Crippen MR) is 103 cm³/mol. The first kappa shape index (κ1) is 16.1. The number of hydrogen-bond acceptors (Lipinski definition) is 3. The maximum atomic E-state index is 12.9. The van der Waals surface area contributed by atoms with Crippen LogP contribution >= 0.6 is 0 Å². The van der Waals surface area contributed by atoms with E-state index in [2.05, 4.69) is 5.32 Å². The summed E-state index contributed by atoms with van der Waals surface area (Å²) in [6, 6.07) is 23.2. The van der Waals surface area contributed by atoms with Crippen LogP contribution in [0.25, 0.3) is 16.3 Å². The van der Waals surface area contributed by atoms with Crippen LogP contribution in [-0.4, -0.2) is 23.3 Å². The zero-order chi connectivity index (χ0) is 18.1. The Morgan fingerprint density at radius 2 is 1.50 bits per heavy atom. The zero-order valence-corrected chi connectivity index (χ0v) is 14.4. The fraction of sp³-hybridized carbons (Fsp3) is 0.0909. The number of likely N-dealkylation sites (N-methyl/N-ethyl adjacent to an activating group) is 1. The number of fused-ring (bicyclic) bond motifs is 1. The normalized spacial score (nSPS) is 14.4. The zero-order valence-electron chi connectivity index (χ0n) is 14.4. The van der Waals surface area contributed by atoms with Crippen LogP contribution in [0, 0.1) is 0 Å². The molecule has 0 unspecified atom stereocenters. The summed E-state index contributed by atoms with van der Waals surface area (Å²) in [5, 5.41) is 5.32. The number of carbonyl (C=O) groups is 2. The first-order chi connectivity index (χ1) is 12.7. The molecule has 0 spiro atoms. The average Bonchev–Trinajstić information content (AvgIpc) is 2.92. The summed E-state index contributed by atoms with van der Waals surface area (Å²) in [6.07, 6.45) is 0. The van der Waals surface area contributed by atoms with Crippen LogP contribution in [-0.2, 0) is 9.59 Å². The van der Waals surface area contributed by atoms with Crippen molar-refractivity contribution in [2.75, 3.05) is 11.9 Å². The van der Waals surface area contributed by atoms with Gasteiger partial charge in [-0.15, -0.1) is 0 Å². The van der Waals surface area contributed by atoms with Gasteiger partial charge in [-0.3, -0.25) is 14.5 Å². The second-order valence-corrected chi connectivity index (χ2v) is 6.12. The molecule has 0 radical (unpaired) electrons. The molecule has 4 nitrogen and oxygen atoms in total. The first-order valence-corrected chi connectivity index (χ1v) is 8.61. The largest absolute Gasteiger partial charge is 0.350 e. The molecule has 3 aromatic carbocycles. The molecule has 3 aromatic rings. The van der Waals surface area contributed by atoms with Gasteiger partial charge in [0, 0.05) is 17.6 Å². The number of amides is 2. The quantitative estimate of drug-likeness (QED) is 0.728. The second-order valence-electron chi connectivity index (χ2n) is 6.12. The van der Waals surface area contributed by atoms with Crippen molar-refractivity contribution < 1.29 is 9.59 Å². The minimum absolute atomic E-state index is 0.258. The van der Waals surface area contributed by atoms with E-state index >= 15 is 0 Å². The van der Waals surface area contributed by atoms with Crippen LogP contribution in [0.5, 0.6) is 0 Å². The maximum Gasteiger partial charge on any atom is 0.278 e. The SMILES string of the molecule is CCN1C(=O)C(Nc2cccc3ccccc23)=C(c2ccccc2)C1=O. The summed E-state index contributed by atoms with van der Waals surface area (Å²) in [5.41, 5.74) is 2.31. The monoisotopic (exact) mass is 342 g/mol. The minimum Gasteiger partial charge on any atom is -0.350 e. The summed E-state index contributed by atoms with van der Waals surface area (Å²) in [7, 11) is 0. The molecule has 128 valence electrons. The third-order valence-corrected chi connectivity index (χ3v) is 4.60. The molecule has 0 fully saturated rings. The summed E-state index contributed by atoms with van der Waals surface area (Å²) >= 11 is 0. The Balaban J connectivity index is 1.87. The fourth-order valence-electron chi connectivity index (χ4n) is 3.32. The van der Waals surface area contributed by atoms with E-state index in [0.29, 0.717) is 17.8 Å². The Labute approximate surface area is 151 Å². The minimum atomic E-state index is -0.288. The lowest BCUT2D eigenvalue weighted by Crippen LogP contribution is -2.32. The number of carbonyl (C=O) groups excluding carboxylic acids is 2. The first-order valence-electron chi connectivity index (χ1n) is 8.61. The summed E-state index contributed by atoms with van der Waals surface area (Å²) in [5.74, 6) is -0.546. The molecule has 0 bridgehead atoms. The van der Waals surface area contributed by atoms with Gasteiger partial charge < -0.3 is 5.32 Å². The molecule has 1 heterocycles. The Morgan fingerprint density at radius 3 is 2.27 bits per heavy atom. The molecule has 0 saturated carbocycles. The van der Waals surface area contributed by atoms with Gasteiger partial charge in [0.05, 0.1) is 5.57 Å². The van der Waals surface area contributed by atoms with Crippen molar-refractivity contribution in [3.8, 4) is 0 Å². The van der Waals surface area contributed by atoms with Crippen molar-refractivity contribution in [3.05, 3.63) is 84.1 Å². The van der Waals surface area contributed by atoms with Crippen LogP contribution in [0.1, 0.15) is 12.5 Å². The third-order valence-electron chi connectivity index (χ3n) is 4.60. The average molecular weight is 342 g/mol. The predicted octanol–water partition coefficient (Wildman–Crippen LogP) is 4.05. The molecule has 4 heteroatoms. The molecule has 0 aromatic heterocycles. The summed E-state index contributed by atoms with van der Waals surface area (Å²) < 4.78 is 0. The Bertz CT molecular complexity index is 1030. The number of benzene rings is 3. The lowest BCUT2D eigenvalue weighted by Gasteiger charge is -2.13. The topological polar surface area (TPSA) is 49.4 Å². The molecule has 2 amide bonds. The van der Waals surface area contributed by atoms with E-state index in [9.17, 15) is 9.59 Å². The van der Waals surface area contributed by atoms with Gasteiger partial charge in [-0.05, 0) is 23.9 Å². The third kappa shape index (κ3) is 2.56. The van der Waals surface area contributed by atoms with Gasteiger partial charge in [-0.2, -0.15) is 0 Å². The molecule has 1 aliphatic heterocycles. The van der Waals surface area contributed by atoms with Crippen LogP contribution in [0.15, 0.2) is 78.5 Å². The van der Waals surface area contributed by atoms with Crippen molar-refractivity contribution in [2.45, 2.75) is 6.92 Å². The van der Waals surface area contributed by atoms with E-state index in [-0.39, 0.29) is 11.8 Å². The van der Waals surface area contributed by atoms with E-state index in [4.69, 9.17) is 0 Å². The molecule has 26 heavy (non-hydrogen) atoms. The van der Waals surface area contributed by atoms with E-state index in [1.165, 1.54) is 4.90 Å². The highest BCUT2D eigenvalue weighted by atomic mass is 16.2. The summed E-state index contributed by atoms with van der Waals surface area (Å²) in [4.78, 5) is 26.9. The van der Waals surface area contributed by atoms with Crippen LogP contribution in [0.2, 0.25) is 0 Å². The fourth-order valence-corrected chi connectivity index (χ4v) is 3.32. The maximum absolute atomic E-state index is 12.9. The lowest BCUT2D eigenvalue weighted by molar-refractivity contribution is -0.136. The molecular weight excluding hydrogens is 324 g/mol. The summed E-state index contributed by atoms with van der Waals surface area (Å²) in [6.45, 7) is 2.15. The highest BCUT2D eigenvalue weighted by Crippen LogP contribution is 2.32. The van der Waals surface area contributed by atoms with E-state index in [0.717, 1.165) is 22.0 Å². The van der Waals surface area contributed by atoms with Crippen molar-refractivity contribution in [1.29, 1.82) is 0 Å². The number of rotatable bonds is 4. The van der Waals surface area contributed by atoms with Gasteiger partial charge in [-0.1, -0.05) is 66.7 Å². The molecular formula is C22H18N2O2. The second kappa shape index (κ2) is 6.48. The Kier molecular flexibility index (Phi) is 4.01. The standard InChI is InChI=1S/C22H18N2O2/c1-2-24-21(25)19(16-10-4-3-5-11-16)20(22(24)26)23-18-14-8-12-15-9-6-7-13-17(15)18/h3-14,23H,2H2,1H3. The number of nitrogens with zero attached hydrogens (tertiary/aromatic N) is 1. The van der Waals surface area contributed by atoms with E-state index in [1.807, 2.05) is 72.8 Å². The van der Waals surface area contributed by atoms with Gasteiger partial charge >= 0.3 is 0 Å². The number of nitrogens with one attached hydrogen (secondary N) is 1. The molecule has 0 saturated heterocycles. The van der Waals surface area contributed by atoms with Crippen molar-refractivity contribution in [3.63, 3.8) is 0 Å². The molecule has 1 N–H and O–H groups in total. The van der Waals surface area contributed by atoms with Crippen molar-refractivity contribution >= 4 is 33.8 Å². The van der Waals surface area contributed by atoms with E-state index in [1.54, 1.807) is 6.92 Å². The lowest BCUT2D eigenvalue weighted by atomic mass is 10.0. The highest BCUT2D eigenvalue weighted by molar-refractivity contribution is 6.36. The van der Waals surface area contributed by atoms with Crippen LogP contribution in [0.4, 0.5) is 5.69 Å². The van der Waals surface area contributed by atoms with Gasteiger partial charge in [0.15, 0.2) is 0 Å².